The number of pyridine rings is 1. The number of carbonyl (C=O) groups excluding carboxylic acids is 1. The first kappa shape index (κ1) is 10.7. The van der Waals surface area contributed by atoms with Gasteiger partial charge in [-0.25, -0.2) is 4.98 Å². The van der Waals surface area contributed by atoms with E-state index in [2.05, 4.69) is 4.98 Å². The van der Waals surface area contributed by atoms with Crippen LogP contribution in [0.4, 0.5) is 0 Å². The Labute approximate surface area is 88.4 Å². The number of carbonyl (C=O) groups is 1. The van der Waals surface area contributed by atoms with Crippen LogP contribution in [0.5, 0.6) is 0 Å². The summed E-state index contributed by atoms with van der Waals surface area (Å²) in [6, 6.07) is 11.4. The van der Waals surface area contributed by atoms with E-state index in [4.69, 9.17) is 0 Å². The van der Waals surface area contributed by atoms with E-state index in [1.54, 1.807) is 6.07 Å². The Morgan fingerprint density at radius 1 is 1.14 bits per heavy atom. The standard InChI is InChI=1S/C11H9NO.ClH/c1-8(13)10-7-6-9-4-2-3-5-11(9)12-10;/h2-7H,1H3;1H. The van der Waals surface area contributed by atoms with Crippen LogP contribution < -0.4 is 0 Å². The molecule has 0 spiro atoms. The molecule has 0 unspecified atom stereocenters. The van der Waals surface area contributed by atoms with E-state index in [0.29, 0.717) is 5.69 Å². The van der Waals surface area contributed by atoms with Crippen LogP contribution in [0.3, 0.4) is 0 Å². The molecule has 0 radical (unpaired) electrons. The molecule has 3 heteroatoms. The Bertz CT molecular complexity index is 468. The summed E-state index contributed by atoms with van der Waals surface area (Å²) in [6.07, 6.45) is 0. The topological polar surface area (TPSA) is 30.0 Å². The van der Waals surface area contributed by atoms with Crippen molar-refractivity contribution in [1.82, 2.24) is 4.98 Å². The molecule has 0 fully saturated rings. The molecule has 0 amide bonds. The minimum absolute atomic E-state index is 0. The molecule has 2 aromatic rings. The van der Waals surface area contributed by atoms with Gasteiger partial charge in [-0.15, -0.1) is 12.4 Å². The van der Waals surface area contributed by atoms with Crippen molar-refractivity contribution >= 4 is 29.1 Å². The van der Waals surface area contributed by atoms with Gasteiger partial charge in [0.25, 0.3) is 0 Å². The monoisotopic (exact) mass is 207 g/mol. The van der Waals surface area contributed by atoms with Crippen LogP contribution in [0.1, 0.15) is 17.4 Å². The molecule has 1 aromatic carbocycles. The van der Waals surface area contributed by atoms with E-state index in [0.717, 1.165) is 10.9 Å². The van der Waals surface area contributed by atoms with Crippen molar-refractivity contribution in [2.45, 2.75) is 6.92 Å². The Morgan fingerprint density at radius 2 is 1.86 bits per heavy atom. The number of fused-ring (bicyclic) bond motifs is 1. The summed E-state index contributed by atoms with van der Waals surface area (Å²) in [7, 11) is 0. The molecule has 2 nitrogen and oxygen atoms in total. The quantitative estimate of drug-likeness (QED) is 0.673. The van der Waals surface area contributed by atoms with Crippen LogP contribution in [0.2, 0.25) is 0 Å². The van der Waals surface area contributed by atoms with Gasteiger partial charge in [-0.2, -0.15) is 0 Å². The molecule has 0 bridgehead atoms. The van der Waals surface area contributed by atoms with Gasteiger partial charge in [0.05, 0.1) is 5.52 Å². The first-order valence-electron chi connectivity index (χ1n) is 4.14. The summed E-state index contributed by atoms with van der Waals surface area (Å²) in [5.74, 6) is 0.00533. The first-order chi connectivity index (χ1) is 6.27. The lowest BCUT2D eigenvalue weighted by molar-refractivity contribution is 0.101. The summed E-state index contributed by atoms with van der Waals surface area (Å²) in [5.41, 5.74) is 1.40. The Morgan fingerprint density at radius 3 is 2.57 bits per heavy atom. The molecular formula is C11H10ClNO. The van der Waals surface area contributed by atoms with Crippen molar-refractivity contribution < 1.29 is 4.79 Å². The summed E-state index contributed by atoms with van der Waals surface area (Å²) in [4.78, 5) is 15.3. The highest BCUT2D eigenvalue weighted by Crippen LogP contribution is 2.11. The molecule has 0 atom stereocenters. The number of hydrogen-bond acceptors (Lipinski definition) is 2. The molecule has 1 aromatic heterocycles. The third-order valence-corrected chi connectivity index (χ3v) is 1.96. The fourth-order valence-corrected chi connectivity index (χ4v) is 1.26. The number of para-hydroxylation sites is 1. The van der Waals surface area contributed by atoms with Crippen LogP contribution in [-0.2, 0) is 0 Å². The molecule has 0 aliphatic carbocycles. The number of aromatic nitrogens is 1. The van der Waals surface area contributed by atoms with Gasteiger partial charge in [0, 0.05) is 12.3 Å². The summed E-state index contributed by atoms with van der Waals surface area (Å²) in [6.45, 7) is 1.52. The van der Waals surface area contributed by atoms with Gasteiger partial charge >= 0.3 is 0 Å². The predicted octanol–water partition coefficient (Wildman–Crippen LogP) is 2.86. The Hall–Kier alpha value is -1.41. The zero-order valence-corrected chi connectivity index (χ0v) is 8.54. The van der Waals surface area contributed by atoms with Crippen LogP contribution in [0, 0.1) is 0 Å². The van der Waals surface area contributed by atoms with E-state index in [1.165, 1.54) is 6.92 Å². The Kier molecular flexibility index (Phi) is 3.20. The highest BCUT2D eigenvalue weighted by Gasteiger charge is 2.00. The Balaban J connectivity index is 0.000000980. The molecule has 0 N–H and O–H groups in total. The fourth-order valence-electron chi connectivity index (χ4n) is 1.26. The molecule has 14 heavy (non-hydrogen) atoms. The third kappa shape index (κ3) is 1.91. The number of rotatable bonds is 1. The van der Waals surface area contributed by atoms with Crippen LogP contribution >= 0.6 is 12.4 Å². The minimum Gasteiger partial charge on any atom is -0.293 e. The number of ketones is 1. The zero-order chi connectivity index (χ0) is 9.26. The van der Waals surface area contributed by atoms with E-state index in [-0.39, 0.29) is 18.2 Å². The maximum atomic E-state index is 11.0. The second kappa shape index (κ2) is 4.20. The van der Waals surface area contributed by atoms with Gasteiger partial charge < -0.3 is 0 Å². The van der Waals surface area contributed by atoms with Gasteiger partial charge in [-0.1, -0.05) is 24.3 Å². The van der Waals surface area contributed by atoms with Crippen molar-refractivity contribution in [3.05, 3.63) is 42.1 Å². The lowest BCUT2D eigenvalue weighted by Gasteiger charge is -1.98. The van der Waals surface area contributed by atoms with Gasteiger partial charge in [-0.05, 0) is 12.1 Å². The maximum absolute atomic E-state index is 11.0. The number of benzene rings is 1. The lowest BCUT2D eigenvalue weighted by Crippen LogP contribution is -1.95. The predicted molar refractivity (Wildman–Crippen MR) is 59.0 cm³/mol. The van der Waals surface area contributed by atoms with Gasteiger partial charge in [-0.3, -0.25) is 4.79 Å². The minimum atomic E-state index is 0. The SMILES string of the molecule is CC(=O)c1ccc2ccccc2n1.Cl. The molecule has 0 saturated carbocycles. The van der Waals surface area contributed by atoms with Crippen LogP contribution in [0.15, 0.2) is 36.4 Å². The summed E-state index contributed by atoms with van der Waals surface area (Å²) < 4.78 is 0. The van der Waals surface area contributed by atoms with Gasteiger partial charge in [0.2, 0.25) is 0 Å². The van der Waals surface area contributed by atoms with E-state index in [1.807, 2.05) is 30.3 Å². The average molecular weight is 208 g/mol. The second-order valence-corrected chi connectivity index (χ2v) is 2.95. The van der Waals surface area contributed by atoms with Crippen molar-refractivity contribution in [1.29, 1.82) is 0 Å². The summed E-state index contributed by atoms with van der Waals surface area (Å²) >= 11 is 0. The lowest BCUT2D eigenvalue weighted by atomic mass is 10.2. The van der Waals surface area contributed by atoms with Crippen molar-refractivity contribution in [2.24, 2.45) is 0 Å². The number of halogens is 1. The highest BCUT2D eigenvalue weighted by atomic mass is 35.5. The van der Waals surface area contributed by atoms with E-state index in [9.17, 15) is 4.79 Å². The first-order valence-corrected chi connectivity index (χ1v) is 4.14. The molecule has 1 heterocycles. The third-order valence-electron chi connectivity index (χ3n) is 1.96. The molecule has 2 rings (SSSR count). The highest BCUT2D eigenvalue weighted by molar-refractivity contribution is 5.94. The molecule has 0 aliphatic heterocycles. The number of nitrogens with zero attached hydrogens (tertiary/aromatic N) is 1. The molecular weight excluding hydrogens is 198 g/mol. The molecule has 0 aliphatic rings. The fraction of sp³-hybridized carbons (Fsp3) is 0.0909. The van der Waals surface area contributed by atoms with Crippen molar-refractivity contribution in [2.75, 3.05) is 0 Å². The maximum Gasteiger partial charge on any atom is 0.178 e. The largest absolute Gasteiger partial charge is 0.293 e. The normalized spacial score (nSPS) is 9.50. The smallest absolute Gasteiger partial charge is 0.178 e. The number of Topliss-reactive ketones (excluding diaryl/α,β-unsaturated/α-hetero) is 1. The zero-order valence-electron chi connectivity index (χ0n) is 7.73. The number of hydrogen-bond donors (Lipinski definition) is 0. The molecule has 0 saturated heterocycles. The average Bonchev–Trinajstić information content (AvgIpc) is 2.17. The van der Waals surface area contributed by atoms with Crippen LogP contribution in [-0.4, -0.2) is 10.8 Å². The van der Waals surface area contributed by atoms with Crippen molar-refractivity contribution in [3.8, 4) is 0 Å². The second-order valence-electron chi connectivity index (χ2n) is 2.95. The molecule has 72 valence electrons. The van der Waals surface area contributed by atoms with Gasteiger partial charge in [0.15, 0.2) is 5.78 Å². The van der Waals surface area contributed by atoms with Crippen LogP contribution in [0.25, 0.3) is 10.9 Å². The van der Waals surface area contributed by atoms with E-state index < -0.39 is 0 Å². The van der Waals surface area contributed by atoms with Crippen molar-refractivity contribution in [3.63, 3.8) is 0 Å². The van der Waals surface area contributed by atoms with E-state index >= 15 is 0 Å². The summed E-state index contributed by atoms with van der Waals surface area (Å²) in [5, 5.41) is 1.06. The van der Waals surface area contributed by atoms with Gasteiger partial charge in [0.1, 0.15) is 5.69 Å².